The van der Waals surface area contributed by atoms with Crippen LogP contribution in [0.1, 0.15) is 47.8 Å². The highest BCUT2D eigenvalue weighted by molar-refractivity contribution is 9.10. The molecule has 0 atom stereocenters. The van der Waals surface area contributed by atoms with E-state index in [2.05, 4.69) is 31.2 Å². The maximum absolute atomic E-state index is 12.4. The summed E-state index contributed by atoms with van der Waals surface area (Å²) in [5.74, 6) is 0.988. The number of rotatable bonds is 3. The molecule has 0 aliphatic heterocycles. The van der Waals surface area contributed by atoms with Crippen LogP contribution in [0, 0.1) is 0 Å². The minimum Gasteiger partial charge on any atom is -0.440 e. The van der Waals surface area contributed by atoms with E-state index in [4.69, 9.17) is 16.0 Å². The number of nitrogens with zero attached hydrogens (tertiary/aromatic N) is 2. The van der Waals surface area contributed by atoms with Crippen molar-refractivity contribution < 1.29 is 9.21 Å². The van der Waals surface area contributed by atoms with Gasteiger partial charge in [-0.1, -0.05) is 11.6 Å². The fraction of sp³-hybridized carbons (Fsp3) is 0.316. The quantitative estimate of drug-likeness (QED) is 0.583. The Morgan fingerprint density at radius 2 is 2.00 bits per heavy atom. The lowest BCUT2D eigenvalue weighted by Gasteiger charge is -2.27. The number of aromatic nitrogens is 2. The van der Waals surface area contributed by atoms with Crippen LogP contribution in [0.5, 0.6) is 0 Å². The summed E-state index contributed by atoms with van der Waals surface area (Å²) < 4.78 is 6.55. The van der Waals surface area contributed by atoms with E-state index in [0.717, 1.165) is 42.7 Å². The average molecular weight is 435 g/mol. The number of amides is 1. The number of benzene rings is 1. The first-order valence-corrected chi connectivity index (χ1v) is 9.74. The third-order valence-corrected chi connectivity index (χ3v) is 5.44. The van der Waals surface area contributed by atoms with Crippen LogP contribution in [-0.4, -0.2) is 21.9 Å². The number of pyridine rings is 1. The van der Waals surface area contributed by atoms with Crippen LogP contribution in [0.2, 0.25) is 5.02 Å². The number of fused-ring (bicyclic) bond motifs is 1. The maximum Gasteiger partial charge on any atom is 0.251 e. The fourth-order valence-corrected chi connectivity index (χ4v) is 3.92. The van der Waals surface area contributed by atoms with Gasteiger partial charge in [0, 0.05) is 28.7 Å². The largest absolute Gasteiger partial charge is 0.440 e. The van der Waals surface area contributed by atoms with E-state index >= 15 is 0 Å². The lowest BCUT2D eigenvalue weighted by molar-refractivity contribution is 0.0925. The number of halogens is 2. The van der Waals surface area contributed by atoms with Gasteiger partial charge in [0.05, 0.1) is 0 Å². The van der Waals surface area contributed by atoms with E-state index in [-0.39, 0.29) is 17.9 Å². The summed E-state index contributed by atoms with van der Waals surface area (Å²) >= 11 is 9.30. The number of hydrogen-bond acceptors (Lipinski definition) is 4. The molecule has 0 saturated heterocycles. The first-order valence-electron chi connectivity index (χ1n) is 8.57. The highest BCUT2D eigenvalue weighted by Crippen LogP contribution is 2.34. The second-order valence-corrected chi connectivity index (χ2v) is 7.80. The molecule has 0 unspecified atom stereocenters. The van der Waals surface area contributed by atoms with Crippen LogP contribution in [-0.2, 0) is 0 Å². The summed E-state index contributed by atoms with van der Waals surface area (Å²) in [4.78, 5) is 21.0. The van der Waals surface area contributed by atoms with Gasteiger partial charge in [-0.25, -0.2) is 9.97 Å². The molecule has 2 heterocycles. The zero-order valence-electron chi connectivity index (χ0n) is 13.9. The molecule has 26 heavy (non-hydrogen) atoms. The summed E-state index contributed by atoms with van der Waals surface area (Å²) in [7, 11) is 0. The van der Waals surface area contributed by atoms with Gasteiger partial charge in [0.1, 0.15) is 10.1 Å². The third kappa shape index (κ3) is 3.76. The normalized spacial score (nSPS) is 20.2. The Morgan fingerprint density at radius 3 is 2.77 bits per heavy atom. The van der Waals surface area contributed by atoms with Crippen molar-refractivity contribution in [1.29, 1.82) is 0 Å². The molecule has 1 aliphatic rings. The molecule has 0 radical (unpaired) electrons. The van der Waals surface area contributed by atoms with Crippen molar-refractivity contribution in [2.24, 2.45) is 0 Å². The summed E-state index contributed by atoms with van der Waals surface area (Å²) in [6.45, 7) is 0. The van der Waals surface area contributed by atoms with Crippen molar-refractivity contribution >= 4 is 44.5 Å². The van der Waals surface area contributed by atoms with Crippen LogP contribution < -0.4 is 5.32 Å². The Bertz CT molecular complexity index is 951. The van der Waals surface area contributed by atoms with Crippen molar-refractivity contribution in [1.82, 2.24) is 15.3 Å². The van der Waals surface area contributed by atoms with E-state index in [1.165, 1.54) is 0 Å². The molecule has 1 N–H and O–H groups in total. The van der Waals surface area contributed by atoms with Crippen LogP contribution in [0.4, 0.5) is 0 Å². The van der Waals surface area contributed by atoms with Gasteiger partial charge in [-0.2, -0.15) is 0 Å². The average Bonchev–Trinajstić information content (AvgIpc) is 3.05. The molecule has 2 aromatic heterocycles. The van der Waals surface area contributed by atoms with Crippen molar-refractivity contribution in [2.45, 2.75) is 37.6 Å². The molecule has 4 rings (SSSR count). The molecule has 1 fully saturated rings. The van der Waals surface area contributed by atoms with Gasteiger partial charge in [-0.15, -0.1) is 0 Å². The number of oxazole rings is 1. The van der Waals surface area contributed by atoms with Gasteiger partial charge >= 0.3 is 0 Å². The molecule has 0 bridgehead atoms. The highest BCUT2D eigenvalue weighted by Gasteiger charge is 2.27. The van der Waals surface area contributed by atoms with Crippen LogP contribution in [0.3, 0.4) is 0 Å². The second-order valence-electron chi connectivity index (χ2n) is 6.55. The SMILES string of the molecule is O=C(NC1CCC(c2nc3cc(Cl)ccc3o2)CC1)c1ccnc(Br)c1. The number of nitrogens with one attached hydrogen (secondary N) is 1. The Balaban J connectivity index is 1.38. The van der Waals surface area contributed by atoms with Crippen LogP contribution >= 0.6 is 27.5 Å². The number of carbonyl (C=O) groups is 1. The van der Waals surface area contributed by atoms with E-state index in [1.54, 1.807) is 18.3 Å². The fourth-order valence-electron chi connectivity index (χ4n) is 3.39. The lowest BCUT2D eigenvalue weighted by Crippen LogP contribution is -2.37. The second kappa shape index (κ2) is 7.37. The monoisotopic (exact) mass is 433 g/mol. The zero-order chi connectivity index (χ0) is 18.1. The minimum absolute atomic E-state index is 0.0620. The summed E-state index contributed by atoms with van der Waals surface area (Å²) in [5, 5.41) is 3.77. The lowest BCUT2D eigenvalue weighted by atomic mass is 9.86. The van der Waals surface area contributed by atoms with Gasteiger partial charge in [0.25, 0.3) is 5.91 Å². The molecule has 3 aromatic rings. The van der Waals surface area contributed by atoms with Gasteiger partial charge in [-0.3, -0.25) is 4.79 Å². The highest BCUT2D eigenvalue weighted by atomic mass is 79.9. The molecule has 1 amide bonds. The van der Waals surface area contributed by atoms with Gasteiger partial charge in [0.2, 0.25) is 0 Å². The van der Waals surface area contributed by atoms with Gasteiger partial charge < -0.3 is 9.73 Å². The molecule has 134 valence electrons. The molecule has 1 aliphatic carbocycles. The van der Waals surface area contributed by atoms with E-state index < -0.39 is 0 Å². The molecule has 1 saturated carbocycles. The molecule has 7 heteroatoms. The molecule has 1 aromatic carbocycles. The van der Waals surface area contributed by atoms with Crippen molar-refractivity contribution in [2.75, 3.05) is 0 Å². The van der Waals surface area contributed by atoms with Gasteiger partial charge in [0.15, 0.2) is 11.5 Å². The topological polar surface area (TPSA) is 68.0 Å². The van der Waals surface area contributed by atoms with Crippen molar-refractivity contribution in [3.8, 4) is 0 Å². The summed E-state index contributed by atoms with van der Waals surface area (Å²) in [6, 6.07) is 9.10. The minimum atomic E-state index is -0.0620. The smallest absolute Gasteiger partial charge is 0.251 e. The molecular formula is C19H17BrClN3O2. The summed E-state index contributed by atoms with van der Waals surface area (Å²) in [6.07, 6.45) is 5.30. The first-order chi connectivity index (χ1) is 12.6. The zero-order valence-corrected chi connectivity index (χ0v) is 16.3. The third-order valence-electron chi connectivity index (χ3n) is 4.77. The van der Waals surface area contributed by atoms with Crippen molar-refractivity contribution in [3.05, 3.63) is 57.6 Å². The van der Waals surface area contributed by atoms with E-state index in [0.29, 0.717) is 15.2 Å². The van der Waals surface area contributed by atoms with Crippen molar-refractivity contribution in [3.63, 3.8) is 0 Å². The van der Waals surface area contributed by atoms with E-state index in [9.17, 15) is 4.79 Å². The Morgan fingerprint density at radius 1 is 1.19 bits per heavy atom. The summed E-state index contributed by atoms with van der Waals surface area (Å²) in [5.41, 5.74) is 2.18. The molecular weight excluding hydrogens is 418 g/mol. The van der Waals surface area contributed by atoms with Crippen LogP contribution in [0.15, 0.2) is 45.5 Å². The predicted molar refractivity (Wildman–Crippen MR) is 103 cm³/mol. The van der Waals surface area contributed by atoms with Gasteiger partial charge in [-0.05, 0) is 71.9 Å². The predicted octanol–water partition coefficient (Wildman–Crippen LogP) is 5.09. The number of hydrogen-bond donors (Lipinski definition) is 1. The van der Waals surface area contributed by atoms with Crippen LogP contribution in [0.25, 0.3) is 11.1 Å². The molecule has 5 nitrogen and oxygen atoms in total. The maximum atomic E-state index is 12.4. The Labute approximate surface area is 164 Å². The standard InChI is InChI=1S/C19H17BrClN3O2/c20-17-9-12(7-8-22-17)18(25)23-14-4-1-11(2-5-14)19-24-15-10-13(21)3-6-16(15)26-19/h3,6-11,14H,1-2,4-5H2,(H,23,25). The number of carbonyl (C=O) groups excluding carboxylic acids is 1. The van der Waals surface area contributed by atoms with E-state index in [1.807, 2.05) is 18.2 Å². The molecule has 0 spiro atoms. The Hall–Kier alpha value is -1.92. The first kappa shape index (κ1) is 17.5. The Kier molecular flexibility index (Phi) is 4.96.